The summed E-state index contributed by atoms with van der Waals surface area (Å²) in [5.74, 6) is -1.92. The van der Waals surface area contributed by atoms with Gasteiger partial charge in [0.05, 0.1) is 12.7 Å². The fourth-order valence-electron chi connectivity index (χ4n) is 4.40. The molecule has 5 heteroatoms. The maximum atomic E-state index is 12.0. The minimum absolute atomic E-state index is 0.320. The van der Waals surface area contributed by atoms with Crippen LogP contribution >= 0.6 is 0 Å². The molecule has 3 heterocycles. The third-order valence-electron chi connectivity index (χ3n) is 5.86. The largest absolute Gasteiger partial charge is 0.393 e. The van der Waals surface area contributed by atoms with E-state index in [2.05, 4.69) is 6.92 Å². The van der Waals surface area contributed by atoms with Crippen molar-refractivity contribution < 1.29 is 23.8 Å². The van der Waals surface area contributed by atoms with Gasteiger partial charge in [-0.3, -0.25) is 9.59 Å². The summed E-state index contributed by atoms with van der Waals surface area (Å²) in [5, 5.41) is 0. The Morgan fingerprint density at radius 2 is 1.62 bits per heavy atom. The molecule has 5 nitrogen and oxygen atoms in total. The molecule has 0 spiro atoms. The van der Waals surface area contributed by atoms with Gasteiger partial charge in [-0.25, -0.2) is 0 Å². The van der Waals surface area contributed by atoms with Crippen LogP contribution in [0.5, 0.6) is 0 Å². The van der Waals surface area contributed by atoms with E-state index in [4.69, 9.17) is 14.2 Å². The molecule has 0 saturated carbocycles. The maximum Gasteiger partial charge on any atom is 0.320 e. The van der Waals surface area contributed by atoms with E-state index in [9.17, 15) is 9.59 Å². The highest BCUT2D eigenvalue weighted by atomic mass is 16.6. The monoisotopic (exact) mass is 364 g/mol. The molecule has 146 valence electrons. The van der Waals surface area contributed by atoms with Crippen molar-refractivity contribution in [1.29, 1.82) is 0 Å². The van der Waals surface area contributed by atoms with Crippen LogP contribution in [0.1, 0.15) is 71.1 Å². The number of hydrogen-bond acceptors (Lipinski definition) is 5. The van der Waals surface area contributed by atoms with Gasteiger partial charge in [-0.2, -0.15) is 0 Å². The van der Waals surface area contributed by atoms with Gasteiger partial charge in [-0.15, -0.1) is 0 Å². The lowest BCUT2D eigenvalue weighted by atomic mass is 9.77. The molecule has 0 N–H and O–H groups in total. The van der Waals surface area contributed by atoms with Crippen molar-refractivity contribution in [3.05, 3.63) is 12.2 Å². The Morgan fingerprint density at radius 1 is 0.962 bits per heavy atom. The van der Waals surface area contributed by atoms with E-state index in [0.717, 1.165) is 6.42 Å². The molecular formula is C21H32O5. The van der Waals surface area contributed by atoms with Crippen LogP contribution in [-0.2, 0) is 23.8 Å². The third kappa shape index (κ3) is 4.20. The first-order valence-corrected chi connectivity index (χ1v) is 10.4. The van der Waals surface area contributed by atoms with E-state index >= 15 is 0 Å². The van der Waals surface area contributed by atoms with Crippen LogP contribution in [0.4, 0.5) is 0 Å². The van der Waals surface area contributed by atoms with Crippen molar-refractivity contribution in [3.63, 3.8) is 0 Å². The topological polar surface area (TPSA) is 61.8 Å². The number of unbranched alkanes of at least 4 members (excludes halogenated alkanes) is 9. The number of carbonyl (C=O) groups is 2. The van der Waals surface area contributed by atoms with Gasteiger partial charge in [-0.1, -0.05) is 76.9 Å². The van der Waals surface area contributed by atoms with Gasteiger partial charge >= 0.3 is 11.9 Å². The van der Waals surface area contributed by atoms with Crippen molar-refractivity contribution in [2.45, 2.75) is 82.8 Å². The van der Waals surface area contributed by atoms with Crippen molar-refractivity contribution in [2.24, 2.45) is 11.8 Å². The Morgan fingerprint density at radius 3 is 2.31 bits per heavy atom. The zero-order valence-electron chi connectivity index (χ0n) is 15.9. The lowest BCUT2D eigenvalue weighted by molar-refractivity contribution is -0.159. The first-order valence-electron chi connectivity index (χ1n) is 10.4. The van der Waals surface area contributed by atoms with Crippen LogP contribution in [0.25, 0.3) is 0 Å². The predicted molar refractivity (Wildman–Crippen MR) is 97.5 cm³/mol. The Balaban J connectivity index is 1.25. The van der Waals surface area contributed by atoms with Crippen LogP contribution in [0.2, 0.25) is 0 Å². The average Bonchev–Trinajstić information content (AvgIpc) is 3.27. The standard InChI is InChI=1S/C21H32O5/c1-2-3-4-5-6-7-8-9-10-11-14-24-15-21-13-12-16(26-21)17-18(21)20(23)25-19(17)22/h12-13,16-18H,2-11,14-15H2,1H3. The SMILES string of the molecule is CCCCCCCCCCCCOCC12C=CC(O1)C1C(=O)OC(=O)C12. The fourth-order valence-corrected chi connectivity index (χ4v) is 4.40. The van der Waals surface area contributed by atoms with Gasteiger partial charge < -0.3 is 14.2 Å². The highest BCUT2D eigenvalue weighted by Crippen LogP contribution is 2.51. The summed E-state index contributed by atoms with van der Waals surface area (Å²) in [6, 6.07) is 0. The number of rotatable bonds is 13. The van der Waals surface area contributed by atoms with E-state index in [-0.39, 0.29) is 6.10 Å². The molecule has 0 aromatic heterocycles. The fraction of sp³-hybridized carbons (Fsp3) is 0.810. The Hall–Kier alpha value is -1.20. The van der Waals surface area contributed by atoms with Gasteiger partial charge in [0.25, 0.3) is 0 Å². The Kier molecular flexibility index (Phi) is 6.87. The molecule has 3 aliphatic heterocycles. The van der Waals surface area contributed by atoms with E-state index in [0.29, 0.717) is 13.2 Å². The van der Waals surface area contributed by atoms with E-state index in [1.54, 1.807) is 0 Å². The molecule has 0 aromatic rings. The van der Waals surface area contributed by atoms with E-state index in [1.165, 1.54) is 57.8 Å². The van der Waals surface area contributed by atoms with Crippen molar-refractivity contribution in [1.82, 2.24) is 0 Å². The highest BCUT2D eigenvalue weighted by Gasteiger charge is 2.67. The Bertz CT molecular complexity index is 528. The molecule has 2 fully saturated rings. The first-order chi connectivity index (χ1) is 12.7. The van der Waals surface area contributed by atoms with Gasteiger partial charge in [0.1, 0.15) is 17.4 Å². The number of fused-ring (bicyclic) bond motifs is 5. The van der Waals surface area contributed by atoms with Crippen LogP contribution < -0.4 is 0 Å². The lowest BCUT2D eigenvalue weighted by Gasteiger charge is -2.26. The second-order valence-corrected chi connectivity index (χ2v) is 7.87. The number of carbonyl (C=O) groups excluding carboxylic acids is 2. The van der Waals surface area contributed by atoms with Crippen molar-refractivity contribution in [3.8, 4) is 0 Å². The number of cyclic esters (lactones) is 2. The van der Waals surface area contributed by atoms with E-state index < -0.39 is 29.4 Å². The average molecular weight is 364 g/mol. The third-order valence-corrected chi connectivity index (χ3v) is 5.86. The molecule has 3 aliphatic rings. The minimum Gasteiger partial charge on any atom is -0.393 e. The number of hydrogen-bond donors (Lipinski definition) is 0. The Labute approximate surface area is 156 Å². The number of esters is 2. The molecular weight excluding hydrogens is 332 g/mol. The van der Waals surface area contributed by atoms with Crippen molar-refractivity contribution in [2.75, 3.05) is 13.2 Å². The van der Waals surface area contributed by atoms with Gasteiger partial charge in [-0.05, 0) is 6.42 Å². The maximum absolute atomic E-state index is 12.0. The molecule has 0 aliphatic carbocycles. The summed E-state index contributed by atoms with van der Waals surface area (Å²) in [6.07, 6.45) is 16.3. The van der Waals surface area contributed by atoms with Crippen LogP contribution in [0.3, 0.4) is 0 Å². The molecule has 0 amide bonds. The summed E-state index contributed by atoms with van der Waals surface area (Å²) in [6.45, 7) is 3.24. The van der Waals surface area contributed by atoms with Gasteiger partial charge in [0, 0.05) is 6.61 Å². The summed E-state index contributed by atoms with van der Waals surface area (Å²) < 4.78 is 16.5. The highest BCUT2D eigenvalue weighted by molar-refractivity contribution is 5.99. The summed E-state index contributed by atoms with van der Waals surface area (Å²) in [7, 11) is 0. The molecule has 3 rings (SSSR count). The smallest absolute Gasteiger partial charge is 0.320 e. The molecule has 0 aromatic carbocycles. The van der Waals surface area contributed by atoms with Crippen LogP contribution in [0, 0.1) is 11.8 Å². The van der Waals surface area contributed by atoms with Crippen LogP contribution in [0.15, 0.2) is 12.2 Å². The summed E-state index contributed by atoms with van der Waals surface area (Å²) >= 11 is 0. The molecule has 0 radical (unpaired) electrons. The molecule has 2 saturated heterocycles. The zero-order valence-corrected chi connectivity index (χ0v) is 15.9. The normalized spacial score (nSPS) is 31.7. The number of ether oxygens (including phenoxy) is 3. The van der Waals surface area contributed by atoms with E-state index in [1.807, 2.05) is 12.2 Å². The van der Waals surface area contributed by atoms with Gasteiger partial charge in [0.15, 0.2) is 0 Å². The second kappa shape index (κ2) is 9.14. The molecule has 26 heavy (non-hydrogen) atoms. The lowest BCUT2D eigenvalue weighted by Crippen LogP contribution is -2.42. The molecule has 4 atom stereocenters. The predicted octanol–water partition coefficient (Wildman–Crippen LogP) is 3.95. The second-order valence-electron chi connectivity index (χ2n) is 7.87. The molecule has 4 unspecified atom stereocenters. The minimum atomic E-state index is -0.795. The van der Waals surface area contributed by atoms with Gasteiger partial charge in [0.2, 0.25) is 0 Å². The zero-order chi connectivity index (χ0) is 18.4. The van der Waals surface area contributed by atoms with Crippen molar-refractivity contribution >= 4 is 11.9 Å². The first kappa shape index (κ1) is 19.6. The quantitative estimate of drug-likeness (QED) is 0.214. The molecule has 2 bridgehead atoms. The van der Waals surface area contributed by atoms with Crippen LogP contribution in [-0.4, -0.2) is 36.9 Å². The summed E-state index contributed by atoms with van der Waals surface area (Å²) in [5.41, 5.74) is -0.795. The summed E-state index contributed by atoms with van der Waals surface area (Å²) in [4.78, 5) is 23.7.